The van der Waals surface area contributed by atoms with Crippen molar-refractivity contribution < 1.29 is 0 Å². The van der Waals surface area contributed by atoms with Gasteiger partial charge in [-0.25, -0.2) is 4.99 Å². The minimum atomic E-state index is 0.707. The van der Waals surface area contributed by atoms with Crippen LogP contribution in [-0.4, -0.2) is 24.7 Å². The standard InChI is InChI=1S/C11H21N3/c1-10(2)6-9-14(4)11(3)13-8-5-7-12/h5,7-8,10H,3,6,9,12H2,1-2,4H3/b7-5-,13-8-. The maximum atomic E-state index is 5.17. The van der Waals surface area contributed by atoms with E-state index in [9.17, 15) is 0 Å². The fraction of sp³-hybridized carbons (Fsp3) is 0.545. The third kappa shape index (κ3) is 6.29. The first kappa shape index (κ1) is 12.8. The molecule has 0 rings (SSSR count). The molecule has 0 aliphatic rings. The largest absolute Gasteiger partial charge is 0.405 e. The van der Waals surface area contributed by atoms with Gasteiger partial charge < -0.3 is 10.6 Å². The van der Waals surface area contributed by atoms with E-state index in [1.165, 1.54) is 6.20 Å². The molecule has 0 unspecified atom stereocenters. The highest BCUT2D eigenvalue weighted by Gasteiger charge is 2.00. The Morgan fingerprint density at radius 1 is 1.57 bits per heavy atom. The van der Waals surface area contributed by atoms with Crippen LogP contribution in [0.15, 0.2) is 29.7 Å². The van der Waals surface area contributed by atoms with Gasteiger partial charge in [-0.3, -0.25) is 0 Å². The lowest BCUT2D eigenvalue weighted by Gasteiger charge is -2.19. The molecule has 0 radical (unpaired) electrons. The fourth-order valence-electron chi connectivity index (χ4n) is 0.858. The monoisotopic (exact) mass is 195 g/mol. The minimum absolute atomic E-state index is 0.707. The van der Waals surface area contributed by atoms with E-state index in [0.29, 0.717) is 5.92 Å². The summed E-state index contributed by atoms with van der Waals surface area (Å²) in [5, 5.41) is 0. The van der Waals surface area contributed by atoms with Crippen molar-refractivity contribution in [2.75, 3.05) is 13.6 Å². The van der Waals surface area contributed by atoms with Crippen molar-refractivity contribution in [3.05, 3.63) is 24.7 Å². The van der Waals surface area contributed by atoms with Gasteiger partial charge in [-0.2, -0.15) is 0 Å². The second kappa shape index (κ2) is 7.18. The summed E-state index contributed by atoms with van der Waals surface area (Å²) >= 11 is 0. The summed E-state index contributed by atoms with van der Waals surface area (Å²) in [6.45, 7) is 9.25. The molecule has 0 bridgehead atoms. The molecule has 0 aliphatic heterocycles. The molecule has 3 heteroatoms. The molecule has 14 heavy (non-hydrogen) atoms. The van der Waals surface area contributed by atoms with Crippen molar-refractivity contribution in [2.24, 2.45) is 16.6 Å². The van der Waals surface area contributed by atoms with Crippen molar-refractivity contribution in [1.82, 2.24) is 4.90 Å². The molecule has 80 valence electrons. The van der Waals surface area contributed by atoms with Gasteiger partial charge in [0.15, 0.2) is 0 Å². The molecule has 0 saturated heterocycles. The predicted octanol–water partition coefficient (Wildman–Crippen LogP) is 1.98. The number of rotatable bonds is 6. The highest BCUT2D eigenvalue weighted by Crippen LogP contribution is 2.05. The molecule has 0 aromatic rings. The van der Waals surface area contributed by atoms with E-state index >= 15 is 0 Å². The Kier molecular flexibility index (Phi) is 6.54. The van der Waals surface area contributed by atoms with Crippen LogP contribution in [0.25, 0.3) is 0 Å². The molecule has 0 amide bonds. The molecular formula is C11H21N3. The van der Waals surface area contributed by atoms with Gasteiger partial charge in [-0.15, -0.1) is 0 Å². The number of allylic oxidation sites excluding steroid dienone is 1. The molecule has 0 atom stereocenters. The molecule has 0 spiro atoms. The molecule has 0 aromatic heterocycles. The Balaban J connectivity index is 3.87. The highest BCUT2D eigenvalue weighted by atomic mass is 15.2. The van der Waals surface area contributed by atoms with Gasteiger partial charge in [0.1, 0.15) is 5.82 Å². The zero-order chi connectivity index (χ0) is 11.0. The highest BCUT2D eigenvalue weighted by molar-refractivity contribution is 5.71. The second-order valence-corrected chi connectivity index (χ2v) is 3.68. The van der Waals surface area contributed by atoms with Gasteiger partial charge >= 0.3 is 0 Å². The summed E-state index contributed by atoms with van der Waals surface area (Å²) < 4.78 is 0. The van der Waals surface area contributed by atoms with Crippen LogP contribution < -0.4 is 5.73 Å². The van der Waals surface area contributed by atoms with Crippen LogP contribution in [0.1, 0.15) is 20.3 Å². The summed E-state index contributed by atoms with van der Waals surface area (Å²) in [5.74, 6) is 1.47. The van der Waals surface area contributed by atoms with Gasteiger partial charge in [0, 0.05) is 19.8 Å². The third-order valence-corrected chi connectivity index (χ3v) is 1.90. The molecule has 0 saturated carbocycles. The normalized spacial score (nSPS) is 11.7. The molecule has 0 aromatic carbocycles. The van der Waals surface area contributed by atoms with Crippen LogP contribution >= 0.6 is 0 Å². The average Bonchev–Trinajstić information content (AvgIpc) is 2.14. The molecule has 0 heterocycles. The first-order valence-electron chi connectivity index (χ1n) is 4.89. The SMILES string of the molecule is C=C(/N=C\C=C/N)N(C)CCC(C)C. The first-order valence-corrected chi connectivity index (χ1v) is 4.89. The lowest BCUT2D eigenvalue weighted by molar-refractivity contribution is 0.376. The van der Waals surface area contributed by atoms with Gasteiger partial charge in [0.25, 0.3) is 0 Å². The van der Waals surface area contributed by atoms with Crippen LogP contribution in [0.5, 0.6) is 0 Å². The molecule has 0 aliphatic carbocycles. The summed E-state index contributed by atoms with van der Waals surface area (Å²) in [4.78, 5) is 6.17. The van der Waals surface area contributed by atoms with E-state index in [0.717, 1.165) is 18.8 Å². The van der Waals surface area contributed by atoms with Crippen molar-refractivity contribution in [2.45, 2.75) is 20.3 Å². The summed E-state index contributed by atoms with van der Waals surface area (Å²) in [6, 6.07) is 0. The minimum Gasteiger partial charge on any atom is -0.405 e. The Hall–Kier alpha value is -1.25. The zero-order valence-electron chi connectivity index (χ0n) is 9.40. The molecule has 3 nitrogen and oxygen atoms in total. The van der Waals surface area contributed by atoms with E-state index in [1.54, 1.807) is 12.3 Å². The van der Waals surface area contributed by atoms with E-state index < -0.39 is 0 Å². The van der Waals surface area contributed by atoms with E-state index in [1.807, 2.05) is 11.9 Å². The Labute approximate surface area is 87.0 Å². The molecular weight excluding hydrogens is 174 g/mol. The van der Waals surface area contributed by atoms with E-state index in [-0.39, 0.29) is 0 Å². The topological polar surface area (TPSA) is 41.6 Å². The van der Waals surface area contributed by atoms with Gasteiger partial charge in [0.2, 0.25) is 0 Å². The van der Waals surface area contributed by atoms with Crippen molar-refractivity contribution in [3.8, 4) is 0 Å². The lowest BCUT2D eigenvalue weighted by atomic mass is 10.1. The molecule has 0 fully saturated rings. The van der Waals surface area contributed by atoms with Crippen LogP contribution in [0.4, 0.5) is 0 Å². The lowest BCUT2D eigenvalue weighted by Crippen LogP contribution is -2.18. The van der Waals surface area contributed by atoms with E-state index in [2.05, 4.69) is 25.4 Å². The van der Waals surface area contributed by atoms with Crippen molar-refractivity contribution >= 4 is 6.21 Å². The number of hydrogen-bond donors (Lipinski definition) is 1. The smallest absolute Gasteiger partial charge is 0.120 e. The van der Waals surface area contributed by atoms with Crippen molar-refractivity contribution in [1.29, 1.82) is 0 Å². The Morgan fingerprint density at radius 3 is 2.71 bits per heavy atom. The van der Waals surface area contributed by atoms with Gasteiger partial charge in [0.05, 0.1) is 0 Å². The second-order valence-electron chi connectivity index (χ2n) is 3.68. The Morgan fingerprint density at radius 2 is 2.21 bits per heavy atom. The maximum Gasteiger partial charge on any atom is 0.120 e. The number of aliphatic imine (C=N–C) groups is 1. The first-order chi connectivity index (χ1) is 6.57. The summed E-state index contributed by atoms with van der Waals surface area (Å²) in [6.07, 6.45) is 5.93. The van der Waals surface area contributed by atoms with E-state index in [4.69, 9.17) is 5.73 Å². The number of hydrogen-bond acceptors (Lipinski definition) is 3. The Bertz CT molecular complexity index is 217. The van der Waals surface area contributed by atoms with Crippen LogP contribution in [0.2, 0.25) is 0 Å². The van der Waals surface area contributed by atoms with Gasteiger partial charge in [-0.1, -0.05) is 20.4 Å². The van der Waals surface area contributed by atoms with Crippen LogP contribution in [0.3, 0.4) is 0 Å². The third-order valence-electron chi connectivity index (χ3n) is 1.90. The van der Waals surface area contributed by atoms with Crippen LogP contribution in [-0.2, 0) is 0 Å². The average molecular weight is 195 g/mol. The fourth-order valence-corrected chi connectivity index (χ4v) is 0.858. The predicted molar refractivity (Wildman–Crippen MR) is 63.0 cm³/mol. The number of nitrogens with zero attached hydrogens (tertiary/aromatic N) is 2. The summed E-state index contributed by atoms with van der Waals surface area (Å²) in [5.41, 5.74) is 5.17. The number of nitrogens with two attached hydrogens (primary N) is 1. The molecule has 2 N–H and O–H groups in total. The van der Waals surface area contributed by atoms with Crippen LogP contribution in [0, 0.1) is 5.92 Å². The van der Waals surface area contributed by atoms with Crippen molar-refractivity contribution in [3.63, 3.8) is 0 Å². The zero-order valence-corrected chi connectivity index (χ0v) is 9.40. The quantitative estimate of drug-likeness (QED) is 0.658. The maximum absolute atomic E-state index is 5.17. The summed E-state index contributed by atoms with van der Waals surface area (Å²) in [7, 11) is 1.99. The van der Waals surface area contributed by atoms with Gasteiger partial charge in [-0.05, 0) is 24.6 Å².